The maximum atomic E-state index is 12.6. The van der Waals surface area contributed by atoms with Crippen LogP contribution in [0.3, 0.4) is 0 Å². The Morgan fingerprint density at radius 1 is 1.15 bits per heavy atom. The maximum absolute atomic E-state index is 12.6. The van der Waals surface area contributed by atoms with E-state index in [9.17, 15) is 14.4 Å². The highest BCUT2D eigenvalue weighted by Crippen LogP contribution is 2.13. The number of aromatic amines is 1. The second-order valence-electron chi connectivity index (χ2n) is 5.95. The minimum atomic E-state index is -0.243. The number of nitrogens with zero attached hydrogens (tertiary/aromatic N) is 2. The second kappa shape index (κ2) is 7.18. The topological polar surface area (TPSA) is 95.2 Å². The Morgan fingerprint density at radius 2 is 1.92 bits per heavy atom. The average molecular weight is 350 g/mol. The lowest BCUT2D eigenvalue weighted by atomic mass is 10.1. The van der Waals surface area contributed by atoms with Crippen molar-refractivity contribution in [2.75, 3.05) is 12.4 Å². The Hall–Kier alpha value is -3.48. The normalized spacial score (nSPS) is 10.5. The first-order chi connectivity index (χ1) is 12.4. The number of rotatable bonds is 4. The minimum Gasteiger partial charge on any atom is -0.334 e. The second-order valence-corrected chi connectivity index (χ2v) is 5.95. The third-order valence-electron chi connectivity index (χ3n) is 3.83. The number of aromatic nitrogens is 2. The largest absolute Gasteiger partial charge is 0.334 e. The molecule has 0 saturated carbocycles. The van der Waals surface area contributed by atoms with Gasteiger partial charge in [-0.25, -0.2) is 4.98 Å². The first-order valence-electron chi connectivity index (χ1n) is 8.05. The third-order valence-corrected chi connectivity index (χ3v) is 3.83. The number of fused-ring (bicyclic) bond motifs is 1. The number of anilines is 1. The Bertz CT molecular complexity index is 1040. The van der Waals surface area contributed by atoms with E-state index in [0.717, 1.165) is 0 Å². The minimum absolute atomic E-state index is 0.156. The van der Waals surface area contributed by atoms with Gasteiger partial charge in [0.05, 0.1) is 17.4 Å². The summed E-state index contributed by atoms with van der Waals surface area (Å²) in [4.78, 5) is 44.5. The van der Waals surface area contributed by atoms with Crippen LogP contribution in [0.15, 0.2) is 53.3 Å². The molecule has 132 valence electrons. The Balaban J connectivity index is 1.81. The van der Waals surface area contributed by atoms with E-state index >= 15 is 0 Å². The van der Waals surface area contributed by atoms with Crippen molar-refractivity contribution in [2.24, 2.45) is 0 Å². The van der Waals surface area contributed by atoms with Gasteiger partial charge in [-0.3, -0.25) is 14.4 Å². The van der Waals surface area contributed by atoms with Gasteiger partial charge in [0.25, 0.3) is 11.5 Å². The number of hydrogen-bond acceptors (Lipinski definition) is 4. The van der Waals surface area contributed by atoms with Crippen molar-refractivity contribution in [1.29, 1.82) is 0 Å². The SMILES string of the molecule is CC(=O)Nc1cccc(C(=O)N(C)Cc2nc3ccccc3c(=O)[nH]2)c1. The summed E-state index contributed by atoms with van der Waals surface area (Å²) in [5.41, 5.74) is 1.33. The lowest BCUT2D eigenvalue weighted by Gasteiger charge is -2.17. The molecule has 0 saturated heterocycles. The summed E-state index contributed by atoms with van der Waals surface area (Å²) in [5, 5.41) is 3.15. The molecule has 0 bridgehead atoms. The van der Waals surface area contributed by atoms with Crippen LogP contribution >= 0.6 is 0 Å². The molecule has 0 spiro atoms. The van der Waals surface area contributed by atoms with Gasteiger partial charge in [-0.1, -0.05) is 18.2 Å². The number of H-pyrrole nitrogens is 1. The van der Waals surface area contributed by atoms with Crippen LogP contribution in [0.2, 0.25) is 0 Å². The molecule has 1 heterocycles. The van der Waals surface area contributed by atoms with Crippen LogP contribution in [0.25, 0.3) is 10.9 Å². The van der Waals surface area contributed by atoms with E-state index < -0.39 is 0 Å². The Kier molecular flexibility index (Phi) is 4.79. The number of carbonyl (C=O) groups excluding carboxylic acids is 2. The molecule has 1 aromatic heterocycles. The van der Waals surface area contributed by atoms with Gasteiger partial charge in [-0.15, -0.1) is 0 Å². The summed E-state index contributed by atoms with van der Waals surface area (Å²) in [5.74, 6) is -0.0449. The fraction of sp³-hybridized carbons (Fsp3) is 0.158. The quantitative estimate of drug-likeness (QED) is 0.754. The van der Waals surface area contributed by atoms with Crippen molar-refractivity contribution >= 4 is 28.4 Å². The lowest BCUT2D eigenvalue weighted by molar-refractivity contribution is -0.114. The molecule has 2 amide bonds. The van der Waals surface area contributed by atoms with Crippen LogP contribution in [0, 0.1) is 0 Å². The van der Waals surface area contributed by atoms with Gasteiger partial charge in [0.2, 0.25) is 5.91 Å². The third kappa shape index (κ3) is 3.77. The molecule has 3 aromatic rings. The summed E-state index contributed by atoms with van der Waals surface area (Å²) in [6, 6.07) is 13.7. The molecule has 2 aromatic carbocycles. The molecule has 0 atom stereocenters. The van der Waals surface area contributed by atoms with Gasteiger partial charge in [-0.2, -0.15) is 0 Å². The molecule has 2 N–H and O–H groups in total. The van der Waals surface area contributed by atoms with Crippen molar-refractivity contribution in [3.63, 3.8) is 0 Å². The van der Waals surface area contributed by atoms with Crippen molar-refractivity contribution in [2.45, 2.75) is 13.5 Å². The van der Waals surface area contributed by atoms with E-state index in [1.165, 1.54) is 11.8 Å². The van der Waals surface area contributed by atoms with Crippen molar-refractivity contribution in [1.82, 2.24) is 14.9 Å². The predicted molar refractivity (Wildman–Crippen MR) is 98.9 cm³/mol. The highest BCUT2D eigenvalue weighted by atomic mass is 16.2. The Labute approximate surface area is 149 Å². The molecule has 7 heteroatoms. The number of hydrogen-bond donors (Lipinski definition) is 2. The molecule has 0 aliphatic rings. The smallest absolute Gasteiger partial charge is 0.258 e. The van der Waals surface area contributed by atoms with Gasteiger partial charge in [0.15, 0.2) is 0 Å². The fourth-order valence-corrected chi connectivity index (χ4v) is 2.66. The molecule has 3 rings (SSSR count). The van der Waals surface area contributed by atoms with Crippen LogP contribution in [-0.2, 0) is 11.3 Å². The zero-order valence-electron chi connectivity index (χ0n) is 14.4. The van der Waals surface area contributed by atoms with Crippen molar-refractivity contribution < 1.29 is 9.59 Å². The van der Waals surface area contributed by atoms with Gasteiger partial charge in [0, 0.05) is 25.2 Å². The molecular weight excluding hydrogens is 332 g/mol. The van der Waals surface area contributed by atoms with Crippen molar-refractivity contribution in [3.05, 3.63) is 70.3 Å². The molecule has 26 heavy (non-hydrogen) atoms. The summed E-state index contributed by atoms with van der Waals surface area (Å²) < 4.78 is 0. The Morgan fingerprint density at radius 3 is 2.69 bits per heavy atom. The van der Waals surface area contributed by atoms with Crippen LogP contribution in [0.4, 0.5) is 5.69 Å². The molecule has 0 radical (unpaired) electrons. The van der Waals surface area contributed by atoms with Gasteiger partial charge in [0.1, 0.15) is 5.82 Å². The molecular formula is C19H18N4O3. The molecule has 0 aliphatic carbocycles. The van der Waals surface area contributed by atoms with E-state index in [4.69, 9.17) is 0 Å². The number of amides is 2. The zero-order valence-corrected chi connectivity index (χ0v) is 14.4. The van der Waals surface area contributed by atoms with E-state index in [1.807, 2.05) is 0 Å². The molecule has 0 unspecified atom stereocenters. The van der Waals surface area contributed by atoms with Gasteiger partial charge < -0.3 is 15.2 Å². The van der Waals surface area contributed by atoms with Crippen LogP contribution in [0.1, 0.15) is 23.1 Å². The fourth-order valence-electron chi connectivity index (χ4n) is 2.66. The van der Waals surface area contributed by atoms with Crippen LogP contribution in [-0.4, -0.2) is 33.7 Å². The number of nitrogens with one attached hydrogen (secondary N) is 2. The van der Waals surface area contributed by atoms with E-state index in [-0.39, 0.29) is 23.9 Å². The summed E-state index contributed by atoms with van der Waals surface area (Å²) in [6.07, 6.45) is 0. The predicted octanol–water partition coefficient (Wildman–Crippen LogP) is 2.15. The van der Waals surface area contributed by atoms with E-state index in [2.05, 4.69) is 15.3 Å². The average Bonchev–Trinajstić information content (AvgIpc) is 2.60. The number of benzene rings is 2. The van der Waals surface area contributed by atoms with Gasteiger partial charge >= 0.3 is 0 Å². The number of para-hydroxylation sites is 1. The molecule has 7 nitrogen and oxygen atoms in total. The maximum Gasteiger partial charge on any atom is 0.258 e. The highest BCUT2D eigenvalue weighted by molar-refractivity contribution is 5.96. The first kappa shape index (κ1) is 17.3. The molecule has 0 fully saturated rings. The van der Waals surface area contributed by atoms with E-state index in [0.29, 0.717) is 28.0 Å². The monoisotopic (exact) mass is 350 g/mol. The highest BCUT2D eigenvalue weighted by Gasteiger charge is 2.14. The lowest BCUT2D eigenvalue weighted by Crippen LogP contribution is -2.28. The summed E-state index contributed by atoms with van der Waals surface area (Å²) >= 11 is 0. The standard InChI is InChI=1S/C19H18N4O3/c1-12(24)20-14-7-5-6-13(10-14)19(26)23(2)11-17-21-16-9-4-3-8-15(16)18(25)22-17/h3-10H,11H2,1-2H3,(H,20,24)(H,21,22,25). The molecule has 0 aliphatic heterocycles. The zero-order chi connectivity index (χ0) is 18.7. The van der Waals surface area contributed by atoms with Crippen molar-refractivity contribution in [3.8, 4) is 0 Å². The summed E-state index contributed by atoms with van der Waals surface area (Å²) in [7, 11) is 1.63. The number of carbonyl (C=O) groups is 2. The first-order valence-corrected chi connectivity index (χ1v) is 8.05. The van der Waals surface area contributed by atoms with E-state index in [1.54, 1.807) is 55.6 Å². The van der Waals surface area contributed by atoms with Crippen LogP contribution in [0.5, 0.6) is 0 Å². The van der Waals surface area contributed by atoms with Crippen LogP contribution < -0.4 is 10.9 Å². The summed E-state index contributed by atoms with van der Waals surface area (Å²) in [6.45, 7) is 1.56. The van der Waals surface area contributed by atoms with Gasteiger partial charge in [-0.05, 0) is 30.3 Å².